The van der Waals surface area contributed by atoms with Crippen LogP contribution in [0.4, 0.5) is 0 Å². The standard InChI is InChI=1S/C9H9O4/c1-6(10)12-8-4-3-5-9(8)13-7(2)11/h3-5H,1-2H3/q-1. The first-order valence-electron chi connectivity index (χ1n) is 3.72. The second kappa shape index (κ2) is 3.80. The highest BCUT2D eigenvalue weighted by molar-refractivity contribution is 5.73. The van der Waals surface area contributed by atoms with Gasteiger partial charge in [0.2, 0.25) is 5.97 Å². The summed E-state index contributed by atoms with van der Waals surface area (Å²) >= 11 is 0. The fourth-order valence-electron chi connectivity index (χ4n) is 0.865. The maximum Gasteiger partial charge on any atom is 0.306 e. The first-order chi connectivity index (χ1) is 6.09. The molecule has 0 aromatic heterocycles. The Bertz CT molecular complexity index is 294. The van der Waals surface area contributed by atoms with Gasteiger partial charge in [-0.3, -0.25) is 4.79 Å². The molecule has 0 bridgehead atoms. The Morgan fingerprint density at radius 2 is 2.00 bits per heavy atom. The molecule has 0 saturated carbocycles. The molecule has 0 aliphatic rings. The van der Waals surface area contributed by atoms with Crippen LogP contribution in [-0.4, -0.2) is 11.9 Å². The summed E-state index contributed by atoms with van der Waals surface area (Å²) in [7, 11) is 0. The second-order valence-corrected chi connectivity index (χ2v) is 2.44. The lowest BCUT2D eigenvalue weighted by Crippen LogP contribution is -2.05. The Kier molecular flexibility index (Phi) is 2.74. The van der Waals surface area contributed by atoms with E-state index < -0.39 is 11.9 Å². The molecule has 1 aromatic carbocycles. The largest absolute Gasteiger partial charge is 0.514 e. The van der Waals surface area contributed by atoms with E-state index in [1.54, 1.807) is 18.2 Å². The molecule has 1 aromatic rings. The van der Waals surface area contributed by atoms with Crippen LogP contribution in [-0.2, 0) is 9.59 Å². The molecule has 0 atom stereocenters. The van der Waals surface area contributed by atoms with Gasteiger partial charge < -0.3 is 14.3 Å². The molecule has 70 valence electrons. The van der Waals surface area contributed by atoms with Crippen molar-refractivity contribution in [3.8, 4) is 11.5 Å². The third-order valence-electron chi connectivity index (χ3n) is 1.25. The van der Waals surface area contributed by atoms with Crippen molar-refractivity contribution in [2.45, 2.75) is 13.8 Å². The van der Waals surface area contributed by atoms with E-state index in [9.17, 15) is 9.59 Å². The van der Waals surface area contributed by atoms with Crippen LogP contribution >= 0.6 is 0 Å². The monoisotopic (exact) mass is 181 g/mol. The van der Waals surface area contributed by atoms with E-state index in [1.165, 1.54) is 13.8 Å². The number of rotatable bonds is 2. The van der Waals surface area contributed by atoms with Crippen LogP contribution in [0.15, 0.2) is 18.2 Å². The fraction of sp³-hybridized carbons (Fsp3) is 0.222. The van der Waals surface area contributed by atoms with Gasteiger partial charge in [0.05, 0.1) is 11.5 Å². The highest BCUT2D eigenvalue weighted by atomic mass is 16.6. The molecule has 4 heteroatoms. The molecule has 0 aliphatic heterocycles. The summed E-state index contributed by atoms with van der Waals surface area (Å²) in [5.74, 6) is -0.357. The summed E-state index contributed by atoms with van der Waals surface area (Å²) in [6.07, 6.45) is 0. The molecule has 0 amide bonds. The SMILES string of the molecule is CC(=O)Oc1ccc[c-]1OC(C)=O. The van der Waals surface area contributed by atoms with Gasteiger partial charge in [-0.1, -0.05) is 0 Å². The Morgan fingerprint density at radius 3 is 2.54 bits per heavy atom. The zero-order chi connectivity index (χ0) is 9.84. The number of carbonyl (C=O) groups is 2. The van der Waals surface area contributed by atoms with Gasteiger partial charge in [-0.15, -0.1) is 12.1 Å². The average molecular weight is 181 g/mol. The van der Waals surface area contributed by atoms with Gasteiger partial charge in [0.25, 0.3) is 0 Å². The van der Waals surface area contributed by atoms with E-state index in [-0.39, 0.29) is 11.5 Å². The molecule has 13 heavy (non-hydrogen) atoms. The van der Waals surface area contributed by atoms with Crippen LogP contribution in [0.2, 0.25) is 0 Å². The Balaban J connectivity index is 2.76. The summed E-state index contributed by atoms with van der Waals surface area (Å²) < 4.78 is 9.54. The van der Waals surface area contributed by atoms with Crippen molar-refractivity contribution in [3.05, 3.63) is 18.2 Å². The minimum atomic E-state index is -0.445. The minimum Gasteiger partial charge on any atom is -0.514 e. The van der Waals surface area contributed by atoms with E-state index >= 15 is 0 Å². The van der Waals surface area contributed by atoms with Crippen LogP contribution in [0.1, 0.15) is 13.8 Å². The van der Waals surface area contributed by atoms with Crippen molar-refractivity contribution in [1.82, 2.24) is 0 Å². The Labute approximate surface area is 75.4 Å². The van der Waals surface area contributed by atoms with Crippen LogP contribution in [0.25, 0.3) is 0 Å². The van der Waals surface area contributed by atoms with Crippen LogP contribution in [0.3, 0.4) is 0 Å². The van der Waals surface area contributed by atoms with E-state index in [0.29, 0.717) is 0 Å². The number of ether oxygens (including phenoxy) is 2. The molecule has 4 nitrogen and oxygen atoms in total. The molecule has 0 unspecified atom stereocenters. The molecule has 0 saturated heterocycles. The van der Waals surface area contributed by atoms with E-state index in [2.05, 4.69) is 0 Å². The van der Waals surface area contributed by atoms with Gasteiger partial charge >= 0.3 is 5.97 Å². The lowest BCUT2D eigenvalue weighted by atomic mass is 10.5. The normalized spacial score (nSPS) is 9.38. The first-order valence-corrected chi connectivity index (χ1v) is 3.72. The summed E-state index contributed by atoms with van der Waals surface area (Å²) in [5, 5.41) is 0. The molecular weight excluding hydrogens is 172 g/mol. The first kappa shape index (κ1) is 9.38. The van der Waals surface area contributed by atoms with E-state index in [0.717, 1.165) is 0 Å². The van der Waals surface area contributed by atoms with Gasteiger partial charge in [0.15, 0.2) is 0 Å². The zero-order valence-corrected chi connectivity index (χ0v) is 7.37. The van der Waals surface area contributed by atoms with Crippen molar-refractivity contribution < 1.29 is 19.1 Å². The molecule has 0 radical (unpaired) electrons. The number of esters is 2. The molecule has 0 N–H and O–H groups in total. The molecule has 0 fully saturated rings. The van der Waals surface area contributed by atoms with Crippen LogP contribution < -0.4 is 9.47 Å². The molecule has 0 aliphatic carbocycles. The van der Waals surface area contributed by atoms with Crippen LogP contribution in [0.5, 0.6) is 11.5 Å². The highest BCUT2D eigenvalue weighted by Gasteiger charge is 2.01. The van der Waals surface area contributed by atoms with E-state index in [4.69, 9.17) is 9.47 Å². The second-order valence-electron chi connectivity index (χ2n) is 2.44. The third kappa shape index (κ3) is 2.66. The molecule has 1 rings (SSSR count). The van der Waals surface area contributed by atoms with Crippen molar-refractivity contribution in [2.75, 3.05) is 0 Å². The number of carbonyl (C=O) groups excluding carboxylic acids is 2. The summed E-state index contributed by atoms with van der Waals surface area (Å²) in [5.41, 5.74) is 0. The number of hydrogen-bond donors (Lipinski definition) is 0. The van der Waals surface area contributed by atoms with Crippen molar-refractivity contribution in [3.63, 3.8) is 0 Å². The van der Waals surface area contributed by atoms with Gasteiger partial charge in [-0.2, -0.15) is 6.07 Å². The average Bonchev–Trinajstić information content (AvgIpc) is 2.34. The zero-order valence-electron chi connectivity index (χ0n) is 7.37. The number of hydrogen-bond acceptors (Lipinski definition) is 4. The topological polar surface area (TPSA) is 52.6 Å². The fourth-order valence-corrected chi connectivity index (χ4v) is 0.865. The Hall–Kier alpha value is -1.71. The van der Waals surface area contributed by atoms with Crippen LogP contribution in [0, 0.1) is 0 Å². The predicted octanol–water partition coefficient (Wildman–Crippen LogP) is 1.26. The summed E-state index contributed by atoms with van der Waals surface area (Å²) in [6.45, 7) is 2.56. The van der Waals surface area contributed by atoms with Crippen molar-refractivity contribution in [2.24, 2.45) is 0 Å². The predicted molar refractivity (Wildman–Crippen MR) is 44.7 cm³/mol. The molecule has 0 heterocycles. The maximum absolute atomic E-state index is 10.6. The van der Waals surface area contributed by atoms with Crippen molar-refractivity contribution in [1.29, 1.82) is 0 Å². The van der Waals surface area contributed by atoms with E-state index in [1.807, 2.05) is 0 Å². The van der Waals surface area contributed by atoms with Gasteiger partial charge in [-0.25, -0.2) is 0 Å². The molecular formula is C9H9O4-. The lowest BCUT2D eigenvalue weighted by molar-refractivity contribution is -0.134. The minimum absolute atomic E-state index is 0.266. The smallest absolute Gasteiger partial charge is 0.306 e. The highest BCUT2D eigenvalue weighted by Crippen LogP contribution is 2.28. The lowest BCUT2D eigenvalue weighted by Gasteiger charge is -2.09. The quantitative estimate of drug-likeness (QED) is 0.509. The summed E-state index contributed by atoms with van der Waals surface area (Å²) in [6, 6.07) is 4.75. The Morgan fingerprint density at radius 1 is 1.31 bits per heavy atom. The van der Waals surface area contributed by atoms with Crippen molar-refractivity contribution >= 4 is 11.9 Å². The van der Waals surface area contributed by atoms with Gasteiger partial charge in [-0.05, 0) is 6.92 Å². The van der Waals surface area contributed by atoms with Gasteiger partial charge in [0.1, 0.15) is 0 Å². The summed E-state index contributed by atoms with van der Waals surface area (Å²) in [4.78, 5) is 21.2. The third-order valence-corrected chi connectivity index (χ3v) is 1.25. The van der Waals surface area contributed by atoms with Gasteiger partial charge in [0, 0.05) is 6.92 Å². The molecule has 0 spiro atoms. The maximum atomic E-state index is 10.6.